The molecule has 10 aliphatic rings. The third-order valence-corrected chi connectivity index (χ3v) is 20.3. The van der Waals surface area contributed by atoms with Gasteiger partial charge in [0.2, 0.25) is 0 Å². The van der Waals surface area contributed by atoms with Crippen LogP contribution in [-0.2, 0) is 32.1 Å². The quantitative estimate of drug-likeness (QED) is 0.0491. The van der Waals surface area contributed by atoms with E-state index in [1.165, 1.54) is 97.0 Å². The number of aliphatic hydroxyl groups is 5. The first kappa shape index (κ1) is 42.3. The highest BCUT2D eigenvalue weighted by Crippen LogP contribution is 2.50. The summed E-state index contributed by atoms with van der Waals surface area (Å²) in [5.41, 5.74) is 3.55. The molecule has 18 atom stereocenters. The fourth-order valence-corrected chi connectivity index (χ4v) is 15.0. The van der Waals surface area contributed by atoms with E-state index in [4.69, 9.17) is 121 Å². The number of rotatable bonds is 20. The largest absolute Gasteiger partial charge is 0.493 e. The van der Waals surface area contributed by atoms with Crippen LogP contribution in [0.5, 0.6) is 57.5 Å². The fourth-order valence-electron chi connectivity index (χ4n) is 15.0. The molecule has 0 amide bonds. The van der Waals surface area contributed by atoms with Crippen LogP contribution in [0.3, 0.4) is 0 Å². The zero-order valence-corrected chi connectivity index (χ0v) is 67.4. The smallest absolute Gasteiger partial charge is 0.161 e. The maximum atomic E-state index is 11.3. The lowest BCUT2D eigenvalue weighted by atomic mass is 9.79. The zero-order valence-electron chi connectivity index (χ0n) is 121. The van der Waals surface area contributed by atoms with E-state index in [1.54, 1.807) is 52.0 Å². The topological polar surface area (TPSA) is 210 Å². The van der Waals surface area contributed by atoms with E-state index in [0.717, 1.165) is 21.4 Å². The predicted octanol–water partition coefficient (Wildman–Crippen LogP) is 15.1. The maximum absolute atomic E-state index is 11.3. The highest BCUT2D eigenvalue weighted by molar-refractivity contribution is 5.54. The van der Waals surface area contributed by atoms with Gasteiger partial charge < -0.3 is 72.9 Å². The average molecular weight is 1650 g/mol. The van der Waals surface area contributed by atoms with Crippen molar-refractivity contribution in [1.82, 2.24) is 24.5 Å². The van der Waals surface area contributed by atoms with Crippen LogP contribution in [0.2, 0.25) is 0 Å². The van der Waals surface area contributed by atoms with Crippen molar-refractivity contribution in [2.45, 2.75) is 226 Å². The van der Waals surface area contributed by atoms with Crippen LogP contribution in [0.1, 0.15) is 293 Å². The lowest BCUT2D eigenvalue weighted by Crippen LogP contribution is -2.48. The number of methoxy groups -OCH3 is 10. The molecule has 0 aromatic heterocycles. The number of ether oxygens (including phenoxy) is 10. The summed E-state index contributed by atoms with van der Waals surface area (Å²) in [5.74, 6) is -24.9. The average Bonchev–Trinajstić information content (AvgIpc) is 0.654. The summed E-state index contributed by atoms with van der Waals surface area (Å²) in [4.78, 5) is 4.87. The molecule has 5 fully saturated rings. The maximum Gasteiger partial charge on any atom is 0.161 e. The van der Waals surface area contributed by atoms with E-state index in [0.29, 0.717) is 82.9 Å². The molecule has 0 saturated carbocycles. The Morgan fingerprint density at radius 2 is 0.522 bits per heavy atom. The minimum Gasteiger partial charge on any atom is -0.493 e. The molecule has 115 heavy (non-hydrogen) atoms. The zero-order chi connectivity index (χ0) is 131. The second-order valence-corrected chi connectivity index (χ2v) is 29.1. The van der Waals surface area contributed by atoms with E-state index < -0.39 is 226 Å². The summed E-state index contributed by atoms with van der Waals surface area (Å²) in [5, 5.41) is 56.1. The molecule has 5 N–H and O–H groups in total. The number of piperidine rings is 5. The summed E-state index contributed by atoms with van der Waals surface area (Å²) in [6.07, 6.45) is -43.6. The van der Waals surface area contributed by atoms with Crippen LogP contribution < -0.4 is 47.4 Å². The van der Waals surface area contributed by atoms with Gasteiger partial charge in [-0.1, -0.05) is 69.0 Å². The van der Waals surface area contributed by atoms with Gasteiger partial charge in [0.25, 0.3) is 0 Å². The summed E-state index contributed by atoms with van der Waals surface area (Å²) in [6, 6.07) is 6.56. The van der Waals surface area contributed by atoms with Crippen LogP contribution >= 0.6 is 0 Å². The number of hydrogen-bond acceptors (Lipinski definition) is 20. The first-order chi connectivity index (χ1) is 75.6. The number of nitrogens with zero attached hydrogens (tertiary/aromatic N) is 5. The van der Waals surface area contributed by atoms with Crippen molar-refractivity contribution in [3.8, 4) is 57.5 Å². The molecular weight excluding hydrogens is 1450 g/mol. The fraction of sp³-hybridized carbons (Fsp3) is 0.684. The van der Waals surface area contributed by atoms with Crippen LogP contribution in [0.15, 0.2) is 60.7 Å². The Hall–Kier alpha value is -6.30. The van der Waals surface area contributed by atoms with Gasteiger partial charge in [0.1, 0.15) is 0 Å². The van der Waals surface area contributed by atoms with Crippen molar-refractivity contribution >= 4 is 0 Å². The van der Waals surface area contributed by atoms with Gasteiger partial charge >= 0.3 is 0 Å². The van der Waals surface area contributed by atoms with Crippen molar-refractivity contribution in [2.24, 2.45) is 59.0 Å². The molecule has 0 bridgehead atoms. The van der Waals surface area contributed by atoms with Crippen molar-refractivity contribution < 1.29 is 147 Å². The summed E-state index contributed by atoms with van der Waals surface area (Å²) >= 11 is 0. The minimum absolute atomic E-state index is 0.0253. The molecule has 0 spiro atoms. The Morgan fingerprint density at radius 3 is 0.713 bits per heavy atom. The molecule has 0 aliphatic carbocycles. The molecule has 18 unspecified atom stereocenters. The second kappa shape index (κ2) is 40.6. The Kier molecular flexibility index (Phi) is 14.9. The van der Waals surface area contributed by atoms with Crippen LogP contribution in [0.4, 0.5) is 0 Å². The molecule has 20 heteroatoms. The summed E-state index contributed by atoms with van der Waals surface area (Å²) in [6.45, 7) is -17.0. The first-order valence-corrected chi connectivity index (χ1v) is 37.6. The molecule has 5 aromatic rings. The van der Waals surface area contributed by atoms with Gasteiger partial charge in [0.05, 0.1) is 116 Å². The Bertz CT molecular complexity index is 6420. The van der Waals surface area contributed by atoms with E-state index in [2.05, 4.69) is 0 Å². The van der Waals surface area contributed by atoms with Gasteiger partial charge in [-0.25, -0.2) is 0 Å². The lowest BCUT2D eigenvalue weighted by molar-refractivity contribution is -0.0192. The highest BCUT2D eigenvalue weighted by Gasteiger charge is 2.45. The molecular formula is C95H145N5O15. The van der Waals surface area contributed by atoms with Crippen molar-refractivity contribution in [3.05, 3.63) is 116 Å². The van der Waals surface area contributed by atoms with Crippen molar-refractivity contribution in [1.29, 1.82) is 0 Å². The molecule has 20 nitrogen and oxygen atoms in total. The molecule has 0 radical (unpaired) electrons. The molecule has 5 saturated heterocycles. The third-order valence-electron chi connectivity index (χ3n) is 20.3. The molecule has 10 aliphatic heterocycles. The summed E-state index contributed by atoms with van der Waals surface area (Å²) in [7, 11) is 5.26. The molecule has 15 rings (SSSR count). The number of hydrogen-bond donors (Lipinski definition) is 5. The first-order valence-electron chi connectivity index (χ1n) is 64.6. The minimum atomic E-state index is -3.97. The van der Waals surface area contributed by atoms with Crippen LogP contribution in [0.25, 0.3) is 0 Å². The van der Waals surface area contributed by atoms with Crippen molar-refractivity contribution in [3.63, 3.8) is 0 Å². The van der Waals surface area contributed by atoms with Gasteiger partial charge in [-0.3, -0.25) is 24.5 Å². The normalized spacial score (nSPS) is 47.6. The molecule has 10 heterocycles. The predicted molar refractivity (Wildman–Crippen MR) is 456 cm³/mol. The van der Waals surface area contributed by atoms with Crippen molar-refractivity contribution in [2.75, 3.05) is 136 Å². The van der Waals surface area contributed by atoms with Crippen LogP contribution in [-0.4, -0.2) is 217 Å². The number of fused-ring (bicyclic) bond motifs is 15. The second-order valence-electron chi connectivity index (χ2n) is 29.1. The standard InChI is InChI=1S/5C19H29NO3/c5*1-12(2)7-14-11-20-6-5-13-8-18(22-3)19(23-4)9-15(13)16(20)10-17(14)21/h5*8-9,12,14,16-17,21H,5-7,10-11H2,1-4H3/i1D3,4D3,7D2,10D2,11D2,12D,14D,17D;2*1D3,7D2,10D2,11D2,12D,14D,17D;4D3,10D2,11D2,14D,17D;10D2,11D2,14D,17D. The van der Waals surface area contributed by atoms with Gasteiger partial charge in [0.15, 0.2) is 57.5 Å². The molecule has 640 valence electrons. The Morgan fingerprint density at radius 1 is 0.330 bits per heavy atom. The van der Waals surface area contributed by atoms with E-state index >= 15 is 0 Å². The third kappa shape index (κ3) is 21.1. The lowest BCUT2D eigenvalue weighted by Gasteiger charge is -2.46. The van der Waals surface area contributed by atoms with Gasteiger partial charge in [-0.15, -0.1) is 0 Å². The SMILES string of the molecule is [2H]C([2H])([2H])C([2H])(C)C([2H])([2H])C1([2H])C([2H])([2H])N2CCc3cc(OC)c(OC)cc3C2C([2H])([2H])C1([2H])O.[2H]C([2H])([2H])C([2H])(C)C([2H])([2H])C1([2H])C([2H])([2H])N2CCc3cc(OC)c(OC)cc3C2C([2H])([2H])C1([2H])O.[2H]C([2H])([2H])Oc1cc2c(cc1OC)CCN1C2C([2H])([2H])C([2H])(O)C([2H])(C([2H])([2H])C([2H])(C)C([2H])([2H])[2H])C1([2H])[2H].[2H]C([2H])([2H])Oc1cc2c(cc1OC)CCN1C2C([2H])([2H])C([2H])(O)C([2H])(CC(C)C)C1([2H])[2H].[2H]C1([2H])C2c3cc(OC)c(OC)cc3CCN2C([2H])([2H])C([2H])(CC(C)C)C1([2H])O. The number of benzene rings is 5. The Balaban J connectivity index is 0.000000198. The van der Waals surface area contributed by atoms with E-state index in [1.807, 2.05) is 0 Å². The molecule has 5 aromatic carbocycles. The summed E-state index contributed by atoms with van der Waals surface area (Å²) < 4.78 is 504. The van der Waals surface area contributed by atoms with E-state index in [9.17, 15) is 25.5 Å². The monoisotopic (exact) mass is 1650 g/mol. The van der Waals surface area contributed by atoms with Gasteiger partial charge in [0, 0.05) is 154 Å². The van der Waals surface area contributed by atoms with E-state index in [-0.39, 0.29) is 140 Å². The highest BCUT2D eigenvalue weighted by atomic mass is 16.5. The van der Waals surface area contributed by atoms with Crippen LogP contribution in [0, 0.1) is 59.0 Å². The van der Waals surface area contributed by atoms with Gasteiger partial charge in [-0.05, 0) is 271 Å². The Labute approximate surface area is 765 Å². The van der Waals surface area contributed by atoms with Gasteiger partial charge in [-0.2, -0.15) is 0 Å².